The van der Waals surface area contributed by atoms with Crippen LogP contribution in [0.3, 0.4) is 0 Å². The van der Waals surface area contributed by atoms with Crippen LogP contribution in [0.1, 0.15) is 37.2 Å². The Morgan fingerprint density at radius 1 is 1.25 bits per heavy atom. The first-order valence-corrected chi connectivity index (χ1v) is 6.99. The average molecular weight is 280 g/mol. The molecule has 0 heterocycles. The fourth-order valence-electron chi connectivity index (χ4n) is 3.01. The van der Waals surface area contributed by atoms with E-state index in [1.165, 1.54) is 12.1 Å². The molecule has 0 aromatic heterocycles. The molecule has 4 heteroatoms. The van der Waals surface area contributed by atoms with Crippen molar-refractivity contribution < 1.29 is 18.7 Å². The van der Waals surface area contributed by atoms with Crippen molar-refractivity contribution >= 4 is 5.78 Å². The smallest absolute Gasteiger partial charge is 0.157 e. The van der Waals surface area contributed by atoms with Gasteiger partial charge in [-0.3, -0.25) is 4.79 Å². The minimum atomic E-state index is -0.370. The summed E-state index contributed by atoms with van der Waals surface area (Å²) in [7, 11) is 3.16. The van der Waals surface area contributed by atoms with E-state index in [1.807, 2.05) is 0 Å². The lowest BCUT2D eigenvalue weighted by Gasteiger charge is -2.32. The van der Waals surface area contributed by atoms with E-state index in [2.05, 4.69) is 0 Å². The van der Waals surface area contributed by atoms with Crippen molar-refractivity contribution in [1.29, 1.82) is 0 Å². The van der Waals surface area contributed by atoms with Crippen molar-refractivity contribution in [1.82, 2.24) is 0 Å². The van der Waals surface area contributed by atoms with Crippen LogP contribution in [0.2, 0.25) is 0 Å². The van der Waals surface area contributed by atoms with Gasteiger partial charge >= 0.3 is 0 Å². The molecule has 2 rings (SSSR count). The van der Waals surface area contributed by atoms with Gasteiger partial charge in [0, 0.05) is 33.0 Å². The standard InChI is InChI=1S/C16H21FO3/c1-19-16(20-2)10-14-13(4-3-5-15(14)18)11-6-8-12(17)9-7-11/h6-9,13-14,16H,3-5,10H2,1-2H3. The van der Waals surface area contributed by atoms with E-state index in [9.17, 15) is 9.18 Å². The minimum Gasteiger partial charge on any atom is -0.356 e. The molecule has 0 saturated heterocycles. The van der Waals surface area contributed by atoms with E-state index in [0.717, 1.165) is 18.4 Å². The third-order valence-electron chi connectivity index (χ3n) is 4.11. The van der Waals surface area contributed by atoms with E-state index in [0.29, 0.717) is 12.8 Å². The molecule has 2 atom stereocenters. The Morgan fingerprint density at radius 2 is 1.90 bits per heavy atom. The number of rotatable bonds is 5. The Bertz CT molecular complexity index is 440. The lowest BCUT2D eigenvalue weighted by atomic mass is 9.73. The normalized spacial score (nSPS) is 23.3. The third-order valence-corrected chi connectivity index (χ3v) is 4.11. The van der Waals surface area contributed by atoms with Crippen molar-refractivity contribution in [2.75, 3.05) is 14.2 Å². The summed E-state index contributed by atoms with van der Waals surface area (Å²) in [4.78, 5) is 12.2. The average Bonchev–Trinajstić information content (AvgIpc) is 2.47. The van der Waals surface area contributed by atoms with E-state index in [4.69, 9.17) is 9.47 Å². The van der Waals surface area contributed by atoms with Crippen LogP contribution in [-0.4, -0.2) is 26.3 Å². The Morgan fingerprint density at radius 3 is 2.50 bits per heavy atom. The Labute approximate surface area is 119 Å². The minimum absolute atomic E-state index is 0.112. The number of halogens is 1. The molecule has 1 saturated carbocycles. The number of carbonyl (C=O) groups excluding carboxylic acids is 1. The molecule has 2 unspecified atom stereocenters. The molecule has 1 aromatic rings. The van der Waals surface area contributed by atoms with E-state index >= 15 is 0 Å². The number of methoxy groups -OCH3 is 2. The SMILES string of the molecule is COC(CC1C(=O)CCCC1c1ccc(F)cc1)OC. The molecule has 0 bridgehead atoms. The number of benzene rings is 1. The van der Waals surface area contributed by atoms with Crippen LogP contribution in [-0.2, 0) is 14.3 Å². The summed E-state index contributed by atoms with van der Waals surface area (Å²) < 4.78 is 23.5. The fourth-order valence-corrected chi connectivity index (χ4v) is 3.01. The maximum Gasteiger partial charge on any atom is 0.157 e. The first kappa shape index (κ1) is 15.1. The van der Waals surface area contributed by atoms with Gasteiger partial charge in [-0.25, -0.2) is 4.39 Å². The molecule has 1 aliphatic carbocycles. The summed E-state index contributed by atoms with van der Waals surface area (Å²) in [5.41, 5.74) is 1.02. The second-order valence-corrected chi connectivity index (χ2v) is 5.26. The zero-order valence-corrected chi connectivity index (χ0v) is 12.0. The second-order valence-electron chi connectivity index (χ2n) is 5.26. The quantitative estimate of drug-likeness (QED) is 0.776. The molecular formula is C16H21FO3. The summed E-state index contributed by atoms with van der Waals surface area (Å²) in [6.07, 6.45) is 2.63. The molecule has 110 valence electrons. The van der Waals surface area contributed by atoms with E-state index < -0.39 is 0 Å². The first-order chi connectivity index (χ1) is 9.65. The highest BCUT2D eigenvalue weighted by Gasteiger charge is 2.34. The van der Waals surface area contributed by atoms with Gasteiger partial charge in [-0.1, -0.05) is 12.1 Å². The molecular weight excluding hydrogens is 259 g/mol. The number of Topliss-reactive ketones (excluding diaryl/α,β-unsaturated/α-hetero) is 1. The van der Waals surface area contributed by atoms with Crippen molar-refractivity contribution in [3.8, 4) is 0 Å². The summed E-state index contributed by atoms with van der Waals surface area (Å²) in [6.45, 7) is 0. The van der Waals surface area contributed by atoms with Crippen molar-refractivity contribution in [3.63, 3.8) is 0 Å². The fraction of sp³-hybridized carbons (Fsp3) is 0.562. The Balaban J connectivity index is 2.19. The highest BCUT2D eigenvalue weighted by atomic mass is 19.1. The molecule has 0 radical (unpaired) electrons. The highest BCUT2D eigenvalue weighted by Crippen LogP contribution is 2.38. The molecule has 1 aromatic carbocycles. The van der Waals surface area contributed by atoms with Gasteiger partial charge in [-0.05, 0) is 36.5 Å². The first-order valence-electron chi connectivity index (χ1n) is 6.99. The summed E-state index contributed by atoms with van der Waals surface area (Å²) in [5, 5.41) is 0. The topological polar surface area (TPSA) is 35.5 Å². The Kier molecular flexibility index (Phi) is 5.26. The molecule has 20 heavy (non-hydrogen) atoms. The molecule has 1 aliphatic rings. The van der Waals surface area contributed by atoms with E-state index in [-0.39, 0.29) is 29.7 Å². The lowest BCUT2D eigenvalue weighted by molar-refractivity contribution is -0.138. The molecule has 0 N–H and O–H groups in total. The number of ketones is 1. The molecule has 0 spiro atoms. The van der Waals surface area contributed by atoms with Gasteiger partial charge < -0.3 is 9.47 Å². The van der Waals surface area contributed by atoms with Gasteiger partial charge in [-0.15, -0.1) is 0 Å². The zero-order valence-electron chi connectivity index (χ0n) is 12.0. The van der Waals surface area contributed by atoms with Crippen molar-refractivity contribution in [2.24, 2.45) is 5.92 Å². The van der Waals surface area contributed by atoms with Crippen LogP contribution >= 0.6 is 0 Å². The van der Waals surface area contributed by atoms with E-state index in [1.54, 1.807) is 26.4 Å². The van der Waals surface area contributed by atoms with Crippen LogP contribution in [0, 0.1) is 11.7 Å². The number of hydrogen-bond acceptors (Lipinski definition) is 3. The number of ether oxygens (including phenoxy) is 2. The third kappa shape index (κ3) is 3.44. The van der Waals surface area contributed by atoms with Gasteiger partial charge in [0.2, 0.25) is 0 Å². The largest absolute Gasteiger partial charge is 0.356 e. The van der Waals surface area contributed by atoms with Gasteiger partial charge in [0.25, 0.3) is 0 Å². The van der Waals surface area contributed by atoms with Crippen LogP contribution in [0.4, 0.5) is 4.39 Å². The van der Waals surface area contributed by atoms with Crippen LogP contribution in [0.25, 0.3) is 0 Å². The van der Waals surface area contributed by atoms with Crippen molar-refractivity contribution in [2.45, 2.75) is 37.9 Å². The maximum atomic E-state index is 13.0. The molecule has 3 nitrogen and oxygen atoms in total. The zero-order chi connectivity index (χ0) is 14.5. The van der Waals surface area contributed by atoms with Gasteiger partial charge in [-0.2, -0.15) is 0 Å². The molecule has 1 fully saturated rings. The predicted molar refractivity (Wildman–Crippen MR) is 73.9 cm³/mol. The predicted octanol–water partition coefficient (Wildman–Crippen LogP) is 3.29. The monoisotopic (exact) mass is 280 g/mol. The second kappa shape index (κ2) is 6.95. The van der Waals surface area contributed by atoms with Gasteiger partial charge in [0.15, 0.2) is 6.29 Å². The molecule has 0 aliphatic heterocycles. The van der Waals surface area contributed by atoms with Gasteiger partial charge in [0.05, 0.1) is 0 Å². The molecule has 0 amide bonds. The number of hydrogen-bond donors (Lipinski definition) is 0. The van der Waals surface area contributed by atoms with Crippen LogP contribution in [0.15, 0.2) is 24.3 Å². The summed E-state index contributed by atoms with van der Waals surface area (Å²) in [6, 6.07) is 6.46. The lowest BCUT2D eigenvalue weighted by Crippen LogP contribution is -2.31. The summed E-state index contributed by atoms with van der Waals surface area (Å²) >= 11 is 0. The van der Waals surface area contributed by atoms with Crippen LogP contribution in [0.5, 0.6) is 0 Å². The highest BCUT2D eigenvalue weighted by molar-refractivity contribution is 5.82. The summed E-state index contributed by atoms with van der Waals surface area (Å²) in [5.74, 6) is 0.0209. The van der Waals surface area contributed by atoms with Gasteiger partial charge in [0.1, 0.15) is 11.6 Å². The Hall–Kier alpha value is -1.26. The van der Waals surface area contributed by atoms with Crippen LogP contribution < -0.4 is 0 Å². The van der Waals surface area contributed by atoms with Crippen molar-refractivity contribution in [3.05, 3.63) is 35.6 Å². The maximum absolute atomic E-state index is 13.0. The number of carbonyl (C=O) groups is 1.